The molecule has 3 atom stereocenters. The highest BCUT2D eigenvalue weighted by Crippen LogP contribution is 2.34. The van der Waals surface area contributed by atoms with Crippen molar-refractivity contribution in [3.63, 3.8) is 0 Å². The molecule has 3 heteroatoms. The second kappa shape index (κ2) is 7.41. The highest BCUT2D eigenvalue weighted by Gasteiger charge is 2.31. The molecular weight excluding hydrogens is 252 g/mol. The zero-order chi connectivity index (χ0) is 13.7. The molecule has 1 fully saturated rings. The number of rotatable bonds is 5. The van der Waals surface area contributed by atoms with E-state index in [-0.39, 0.29) is 6.04 Å². The van der Waals surface area contributed by atoms with Crippen molar-refractivity contribution < 1.29 is 0 Å². The molecule has 2 rings (SSSR count). The molecule has 2 heterocycles. The molecule has 0 spiro atoms. The van der Waals surface area contributed by atoms with Crippen LogP contribution >= 0.6 is 11.3 Å². The second-order valence-electron chi connectivity index (χ2n) is 5.68. The van der Waals surface area contributed by atoms with E-state index >= 15 is 0 Å². The first-order chi connectivity index (χ1) is 9.27. The summed E-state index contributed by atoms with van der Waals surface area (Å²) in [5.74, 6) is 0. The van der Waals surface area contributed by atoms with E-state index in [2.05, 4.69) is 36.3 Å². The van der Waals surface area contributed by atoms with Gasteiger partial charge in [0.1, 0.15) is 0 Å². The predicted octanol–water partition coefficient (Wildman–Crippen LogP) is 4.18. The first kappa shape index (κ1) is 15.0. The summed E-state index contributed by atoms with van der Waals surface area (Å²) in [7, 11) is 0. The fourth-order valence-electron chi connectivity index (χ4n) is 3.31. The van der Waals surface area contributed by atoms with Crippen LogP contribution in [-0.4, -0.2) is 23.5 Å². The van der Waals surface area contributed by atoms with Gasteiger partial charge in [-0.15, -0.1) is 11.3 Å². The third-order valence-corrected chi connectivity index (χ3v) is 5.41. The number of hydrogen-bond donors (Lipinski definition) is 1. The molecule has 1 aliphatic heterocycles. The van der Waals surface area contributed by atoms with Gasteiger partial charge in [-0.05, 0) is 43.7 Å². The second-order valence-corrected chi connectivity index (χ2v) is 6.66. The smallest absolute Gasteiger partial charge is 0.0595 e. The molecule has 1 aromatic rings. The van der Waals surface area contributed by atoms with Crippen LogP contribution in [0.4, 0.5) is 0 Å². The molecule has 19 heavy (non-hydrogen) atoms. The highest BCUT2D eigenvalue weighted by molar-refractivity contribution is 7.10. The summed E-state index contributed by atoms with van der Waals surface area (Å²) in [5.41, 5.74) is 6.47. The van der Waals surface area contributed by atoms with E-state index < -0.39 is 0 Å². The topological polar surface area (TPSA) is 29.3 Å². The van der Waals surface area contributed by atoms with E-state index in [4.69, 9.17) is 5.73 Å². The van der Waals surface area contributed by atoms with Gasteiger partial charge in [-0.1, -0.05) is 32.8 Å². The summed E-state index contributed by atoms with van der Waals surface area (Å²) in [5, 5.41) is 2.18. The Hall–Kier alpha value is -0.380. The summed E-state index contributed by atoms with van der Waals surface area (Å²) >= 11 is 1.87. The Morgan fingerprint density at radius 2 is 2.21 bits per heavy atom. The Morgan fingerprint density at radius 1 is 1.37 bits per heavy atom. The summed E-state index contributed by atoms with van der Waals surface area (Å²) in [6.45, 7) is 5.75. The molecule has 3 unspecified atom stereocenters. The van der Waals surface area contributed by atoms with Crippen LogP contribution in [0.5, 0.6) is 0 Å². The van der Waals surface area contributed by atoms with E-state index in [0.717, 1.165) is 6.42 Å². The Morgan fingerprint density at radius 3 is 2.84 bits per heavy atom. The van der Waals surface area contributed by atoms with Crippen molar-refractivity contribution in [1.29, 1.82) is 0 Å². The van der Waals surface area contributed by atoms with Gasteiger partial charge in [0.05, 0.1) is 6.04 Å². The van der Waals surface area contributed by atoms with Crippen LogP contribution in [0.2, 0.25) is 0 Å². The van der Waals surface area contributed by atoms with Crippen molar-refractivity contribution in [2.45, 2.75) is 70.5 Å². The summed E-state index contributed by atoms with van der Waals surface area (Å²) in [6.07, 6.45) is 7.73. The first-order valence-corrected chi connectivity index (χ1v) is 8.70. The predicted molar refractivity (Wildman–Crippen MR) is 84.6 cm³/mol. The van der Waals surface area contributed by atoms with Crippen LogP contribution in [0.25, 0.3) is 0 Å². The molecule has 0 saturated carbocycles. The largest absolute Gasteiger partial charge is 0.326 e. The van der Waals surface area contributed by atoms with Gasteiger partial charge < -0.3 is 5.73 Å². The van der Waals surface area contributed by atoms with Crippen LogP contribution in [0.3, 0.4) is 0 Å². The average Bonchev–Trinajstić information content (AvgIpc) is 2.85. The Kier molecular flexibility index (Phi) is 5.86. The number of thiophene rings is 1. The van der Waals surface area contributed by atoms with Crippen LogP contribution in [0.1, 0.15) is 63.3 Å². The Bertz CT molecular complexity index is 350. The van der Waals surface area contributed by atoms with Crippen molar-refractivity contribution in [2.75, 3.05) is 6.54 Å². The lowest BCUT2D eigenvalue weighted by Crippen LogP contribution is -2.45. The maximum atomic E-state index is 6.47. The fourth-order valence-corrected chi connectivity index (χ4v) is 4.23. The van der Waals surface area contributed by atoms with Gasteiger partial charge in [-0.2, -0.15) is 0 Å². The van der Waals surface area contributed by atoms with Crippen LogP contribution in [0.15, 0.2) is 17.5 Å². The van der Waals surface area contributed by atoms with Gasteiger partial charge in [-0.3, -0.25) is 4.90 Å². The quantitative estimate of drug-likeness (QED) is 0.876. The van der Waals surface area contributed by atoms with E-state index in [0.29, 0.717) is 12.1 Å². The van der Waals surface area contributed by atoms with E-state index in [1.807, 2.05) is 11.3 Å². The van der Waals surface area contributed by atoms with Crippen molar-refractivity contribution in [3.05, 3.63) is 22.4 Å². The number of likely N-dealkylation sites (tertiary alicyclic amines) is 1. The summed E-state index contributed by atoms with van der Waals surface area (Å²) in [4.78, 5) is 4.17. The van der Waals surface area contributed by atoms with Crippen molar-refractivity contribution >= 4 is 11.3 Å². The zero-order valence-corrected chi connectivity index (χ0v) is 13.2. The standard InChI is InChI=1S/C16H28N2S/c1-3-13-9-6-5-7-11-18(13)16(14(17)4-2)15-10-8-12-19-15/h8,10,12-14,16H,3-7,9,11,17H2,1-2H3. The monoisotopic (exact) mass is 280 g/mol. The van der Waals surface area contributed by atoms with Crippen LogP contribution in [0, 0.1) is 0 Å². The molecule has 1 aliphatic rings. The summed E-state index contributed by atoms with van der Waals surface area (Å²) in [6, 6.07) is 5.82. The van der Waals surface area contributed by atoms with Crippen molar-refractivity contribution in [1.82, 2.24) is 4.90 Å². The fraction of sp³-hybridized carbons (Fsp3) is 0.750. The molecule has 1 aromatic heterocycles. The van der Waals surface area contributed by atoms with E-state index in [1.54, 1.807) is 0 Å². The molecule has 0 radical (unpaired) electrons. The van der Waals surface area contributed by atoms with Crippen LogP contribution < -0.4 is 5.73 Å². The maximum Gasteiger partial charge on any atom is 0.0595 e. The molecule has 108 valence electrons. The molecular formula is C16H28N2S. The minimum atomic E-state index is 0.255. The lowest BCUT2D eigenvalue weighted by Gasteiger charge is -2.39. The molecule has 0 aliphatic carbocycles. The normalized spacial score (nSPS) is 24.9. The molecule has 0 amide bonds. The SMILES string of the molecule is CCC(N)C(c1cccs1)N1CCCCCC1CC. The van der Waals surface area contributed by atoms with Gasteiger partial charge in [0.2, 0.25) is 0 Å². The highest BCUT2D eigenvalue weighted by atomic mass is 32.1. The molecule has 0 bridgehead atoms. The molecule has 2 N–H and O–H groups in total. The van der Waals surface area contributed by atoms with E-state index in [9.17, 15) is 0 Å². The van der Waals surface area contributed by atoms with Gasteiger partial charge in [0.15, 0.2) is 0 Å². The molecule has 0 aromatic carbocycles. The van der Waals surface area contributed by atoms with Crippen molar-refractivity contribution in [2.24, 2.45) is 5.73 Å². The Labute approximate surface area is 122 Å². The lowest BCUT2D eigenvalue weighted by molar-refractivity contribution is 0.114. The number of nitrogens with zero attached hydrogens (tertiary/aromatic N) is 1. The maximum absolute atomic E-state index is 6.47. The third-order valence-electron chi connectivity index (χ3n) is 4.46. The summed E-state index contributed by atoms with van der Waals surface area (Å²) < 4.78 is 0. The zero-order valence-electron chi connectivity index (χ0n) is 12.3. The number of nitrogens with two attached hydrogens (primary N) is 1. The van der Waals surface area contributed by atoms with Gasteiger partial charge in [0.25, 0.3) is 0 Å². The van der Waals surface area contributed by atoms with E-state index in [1.165, 1.54) is 43.5 Å². The average molecular weight is 280 g/mol. The minimum absolute atomic E-state index is 0.255. The number of hydrogen-bond acceptors (Lipinski definition) is 3. The van der Waals surface area contributed by atoms with Crippen molar-refractivity contribution in [3.8, 4) is 0 Å². The Balaban J connectivity index is 2.24. The first-order valence-electron chi connectivity index (χ1n) is 7.82. The van der Waals surface area contributed by atoms with Gasteiger partial charge in [0, 0.05) is 17.0 Å². The third kappa shape index (κ3) is 3.59. The van der Waals surface area contributed by atoms with Gasteiger partial charge >= 0.3 is 0 Å². The van der Waals surface area contributed by atoms with Crippen LogP contribution in [-0.2, 0) is 0 Å². The molecule has 2 nitrogen and oxygen atoms in total. The minimum Gasteiger partial charge on any atom is -0.326 e. The molecule has 1 saturated heterocycles. The lowest BCUT2D eigenvalue weighted by atomic mass is 9.99. The van der Waals surface area contributed by atoms with Gasteiger partial charge in [-0.25, -0.2) is 0 Å².